The Kier molecular flexibility index (Phi) is 12.3. The number of carbonyl (C=O) groups is 6. The van der Waals surface area contributed by atoms with Crippen LogP contribution >= 0.6 is 46.6 Å². The molecule has 0 saturated carbocycles. The summed E-state index contributed by atoms with van der Waals surface area (Å²) in [5, 5.41) is 6.39. The minimum absolute atomic E-state index is 0.0287. The van der Waals surface area contributed by atoms with E-state index in [2.05, 4.69) is 16.0 Å². The number of amides is 4. The first-order chi connectivity index (χ1) is 25.1. The lowest BCUT2D eigenvalue weighted by atomic mass is 9.90. The summed E-state index contributed by atoms with van der Waals surface area (Å²) in [5.41, 5.74) is -0.407. The number of esters is 1. The minimum Gasteiger partial charge on any atom is -0.459 e. The molecule has 5 rings (SSSR count). The molecule has 18 heteroatoms. The van der Waals surface area contributed by atoms with Crippen molar-refractivity contribution >= 4 is 83.0 Å². The average Bonchev–Trinajstić information content (AvgIpc) is 3.40. The molecule has 2 saturated heterocycles. The van der Waals surface area contributed by atoms with Gasteiger partial charge in [-0.15, -0.1) is 11.8 Å². The SMILES string of the molecule is CC1(C)S[C@H]2N(C(=O)[C@@]2(NC=O)NC(=O)C(NC(=O)OCC(Cl)(Cl)Cl)c2ccc(OC(=O)OCc3ccccc3)cc2)[C@H]1C(=O)OCc1ccccc1. The molecule has 280 valence electrons. The lowest BCUT2D eigenvalue weighted by Crippen LogP contribution is -2.85. The number of alkyl halides is 3. The van der Waals surface area contributed by atoms with Crippen molar-refractivity contribution in [3.05, 3.63) is 102 Å². The fourth-order valence-corrected chi connectivity index (χ4v) is 7.48. The van der Waals surface area contributed by atoms with Crippen molar-refractivity contribution in [2.24, 2.45) is 0 Å². The van der Waals surface area contributed by atoms with Gasteiger partial charge in [-0.2, -0.15) is 0 Å². The molecule has 0 aromatic heterocycles. The number of alkyl carbamates (subject to hydrolysis) is 1. The number of nitrogens with zero attached hydrogens (tertiary/aromatic N) is 1. The highest BCUT2D eigenvalue weighted by Gasteiger charge is 2.73. The van der Waals surface area contributed by atoms with E-state index in [0.29, 0.717) is 0 Å². The molecule has 3 aromatic rings. The maximum absolute atomic E-state index is 14.0. The van der Waals surface area contributed by atoms with E-state index in [9.17, 15) is 28.8 Å². The Labute approximate surface area is 323 Å². The van der Waals surface area contributed by atoms with Crippen LogP contribution < -0.4 is 20.7 Å². The van der Waals surface area contributed by atoms with E-state index in [1.807, 2.05) is 12.1 Å². The molecule has 2 heterocycles. The van der Waals surface area contributed by atoms with Crippen LogP contribution in [0.5, 0.6) is 5.75 Å². The van der Waals surface area contributed by atoms with Gasteiger partial charge in [0.1, 0.15) is 43.0 Å². The van der Waals surface area contributed by atoms with Gasteiger partial charge >= 0.3 is 18.2 Å². The van der Waals surface area contributed by atoms with Crippen molar-refractivity contribution in [2.45, 2.75) is 58.7 Å². The molecule has 0 spiro atoms. The van der Waals surface area contributed by atoms with Crippen molar-refractivity contribution in [2.75, 3.05) is 6.61 Å². The van der Waals surface area contributed by atoms with Gasteiger partial charge in [-0.1, -0.05) is 108 Å². The van der Waals surface area contributed by atoms with Crippen molar-refractivity contribution in [3.8, 4) is 5.75 Å². The molecule has 4 amide bonds. The number of hydrogen-bond donors (Lipinski definition) is 3. The number of thioether (sulfide) groups is 1. The van der Waals surface area contributed by atoms with Gasteiger partial charge in [0.05, 0.1) is 0 Å². The molecular formula is C35H33Cl3N4O10S. The predicted octanol–water partition coefficient (Wildman–Crippen LogP) is 4.90. The van der Waals surface area contributed by atoms with Gasteiger partial charge in [0.2, 0.25) is 21.8 Å². The largest absolute Gasteiger partial charge is 0.514 e. The Bertz CT molecular complexity index is 1830. The molecule has 3 aromatic carbocycles. The van der Waals surface area contributed by atoms with Crippen molar-refractivity contribution in [1.82, 2.24) is 20.9 Å². The molecule has 2 aliphatic rings. The van der Waals surface area contributed by atoms with E-state index in [0.717, 1.165) is 22.9 Å². The third kappa shape index (κ3) is 9.46. The Balaban J connectivity index is 1.33. The summed E-state index contributed by atoms with van der Waals surface area (Å²) < 4.78 is 18.0. The molecule has 2 fully saturated rings. The summed E-state index contributed by atoms with van der Waals surface area (Å²) in [5.74, 6) is -2.39. The van der Waals surface area contributed by atoms with E-state index in [1.165, 1.54) is 29.2 Å². The summed E-state index contributed by atoms with van der Waals surface area (Å²) in [7, 11) is 0. The lowest BCUT2D eigenvalue weighted by Gasteiger charge is -2.52. The van der Waals surface area contributed by atoms with Crippen LogP contribution in [0.3, 0.4) is 0 Å². The first-order valence-electron chi connectivity index (χ1n) is 15.9. The Morgan fingerprint density at radius 1 is 0.887 bits per heavy atom. The van der Waals surface area contributed by atoms with E-state index >= 15 is 0 Å². The second-order valence-electron chi connectivity index (χ2n) is 12.3. The van der Waals surface area contributed by atoms with Gasteiger partial charge in [0, 0.05) is 4.75 Å². The number of rotatable bonds is 13. The zero-order valence-corrected chi connectivity index (χ0v) is 31.2. The van der Waals surface area contributed by atoms with Crippen LogP contribution in [0.15, 0.2) is 84.9 Å². The van der Waals surface area contributed by atoms with E-state index in [4.69, 9.17) is 53.8 Å². The number of nitrogens with one attached hydrogen (secondary N) is 3. The fourth-order valence-electron chi connectivity index (χ4n) is 5.67. The number of hydrogen-bond acceptors (Lipinski definition) is 11. The highest BCUT2D eigenvalue weighted by atomic mass is 35.6. The van der Waals surface area contributed by atoms with Gasteiger partial charge in [-0.3, -0.25) is 14.4 Å². The van der Waals surface area contributed by atoms with Gasteiger partial charge in [-0.25, -0.2) is 14.4 Å². The highest BCUT2D eigenvalue weighted by molar-refractivity contribution is 8.01. The number of fused-ring (bicyclic) bond motifs is 1. The maximum atomic E-state index is 14.0. The van der Waals surface area contributed by atoms with Crippen LogP contribution in [0.4, 0.5) is 9.59 Å². The summed E-state index contributed by atoms with van der Waals surface area (Å²) in [4.78, 5) is 79.5. The quantitative estimate of drug-likeness (QED) is 0.0407. The zero-order valence-electron chi connectivity index (χ0n) is 28.1. The number of benzene rings is 3. The van der Waals surface area contributed by atoms with Crippen LogP contribution in [-0.4, -0.2) is 73.6 Å². The second-order valence-corrected chi connectivity index (χ2v) is 16.6. The molecule has 4 atom stereocenters. The zero-order chi connectivity index (χ0) is 38.4. The number of halogens is 3. The smallest absolute Gasteiger partial charge is 0.459 e. The normalized spacial score (nSPS) is 20.5. The molecule has 0 radical (unpaired) electrons. The van der Waals surface area contributed by atoms with Crippen molar-refractivity contribution in [1.29, 1.82) is 0 Å². The summed E-state index contributed by atoms with van der Waals surface area (Å²) in [6.07, 6.45) is -1.92. The molecule has 3 N–H and O–H groups in total. The Hall–Kier alpha value is -4.70. The van der Waals surface area contributed by atoms with Crippen LogP contribution in [-0.2, 0) is 46.6 Å². The molecule has 53 heavy (non-hydrogen) atoms. The average molecular weight is 808 g/mol. The third-order valence-corrected chi connectivity index (χ3v) is 10.1. The second kappa shape index (κ2) is 16.5. The highest BCUT2D eigenvalue weighted by Crippen LogP contribution is 2.54. The Morgan fingerprint density at radius 2 is 1.47 bits per heavy atom. The summed E-state index contributed by atoms with van der Waals surface area (Å²) >= 11 is 18.3. The van der Waals surface area contributed by atoms with Gasteiger partial charge in [0.15, 0.2) is 0 Å². The van der Waals surface area contributed by atoms with Crippen molar-refractivity contribution in [3.63, 3.8) is 0 Å². The number of ether oxygens (including phenoxy) is 4. The Morgan fingerprint density at radius 3 is 2.04 bits per heavy atom. The van der Waals surface area contributed by atoms with E-state index in [-0.39, 0.29) is 30.9 Å². The topological polar surface area (TPSA) is 179 Å². The third-order valence-electron chi connectivity index (χ3n) is 8.11. The predicted molar refractivity (Wildman–Crippen MR) is 194 cm³/mol. The van der Waals surface area contributed by atoms with Crippen LogP contribution in [0.2, 0.25) is 0 Å². The molecule has 0 aliphatic carbocycles. The molecular weight excluding hydrogens is 775 g/mol. The van der Waals surface area contributed by atoms with Crippen molar-refractivity contribution < 1.29 is 47.7 Å². The first-order valence-corrected chi connectivity index (χ1v) is 17.9. The number of carbonyl (C=O) groups excluding carboxylic acids is 6. The molecule has 2 aliphatic heterocycles. The van der Waals surface area contributed by atoms with E-state index in [1.54, 1.807) is 62.4 Å². The molecule has 0 bridgehead atoms. The van der Waals surface area contributed by atoms with Crippen LogP contribution in [0, 0.1) is 0 Å². The fraction of sp³-hybridized carbons (Fsp3) is 0.314. The number of β-lactam (4-membered cyclic amide) rings is 1. The van der Waals surface area contributed by atoms with Gasteiger partial charge < -0.3 is 39.8 Å². The van der Waals surface area contributed by atoms with Crippen LogP contribution in [0.1, 0.15) is 36.6 Å². The molecule has 1 unspecified atom stereocenters. The molecule has 14 nitrogen and oxygen atoms in total. The first kappa shape index (κ1) is 39.5. The van der Waals surface area contributed by atoms with Crippen LogP contribution in [0.25, 0.3) is 0 Å². The van der Waals surface area contributed by atoms with Gasteiger partial charge in [0.25, 0.3) is 5.91 Å². The maximum Gasteiger partial charge on any atom is 0.514 e. The summed E-state index contributed by atoms with van der Waals surface area (Å²) in [6, 6.07) is 20.7. The minimum atomic E-state index is -2.03. The monoisotopic (exact) mass is 806 g/mol. The lowest BCUT2D eigenvalue weighted by molar-refractivity contribution is -0.174. The van der Waals surface area contributed by atoms with E-state index < -0.39 is 68.3 Å². The summed E-state index contributed by atoms with van der Waals surface area (Å²) in [6.45, 7) is 2.74. The standard InChI is InChI=1S/C35H33Cl3N4O10S/c1-33(2)26(28(45)49-17-21-9-5-3-6-10-21)42-29(46)35(39-20-43,30(42)53-33)41-27(44)25(40-31(47)51-19-34(36,37)38)23-13-15-24(16-14-23)52-32(48)50-18-22-11-7-4-8-12-22/h3-16,20,25-26,30H,17-19H2,1-2H3,(H,39,43)(H,40,47)(H,41,44)/t25?,26-,30+,35+/m0/s1. The van der Waals surface area contributed by atoms with Gasteiger partial charge in [-0.05, 0) is 42.7 Å².